The molecule has 0 aromatic heterocycles. The fourth-order valence-corrected chi connectivity index (χ4v) is 2.17. The maximum atomic E-state index is 13.6. The quantitative estimate of drug-likeness (QED) is 0.0975. The molecule has 0 radical (unpaired) electrons. The van der Waals surface area contributed by atoms with Crippen molar-refractivity contribution in [3.05, 3.63) is 12.2 Å². The van der Waals surface area contributed by atoms with E-state index in [0.717, 1.165) is 13.8 Å². The van der Waals surface area contributed by atoms with Crippen molar-refractivity contribution < 1.29 is 72.3 Å². The molecule has 0 fully saturated rings. The third-order valence-corrected chi connectivity index (χ3v) is 4.24. The van der Waals surface area contributed by atoms with E-state index in [2.05, 4.69) is 20.8 Å². The van der Waals surface area contributed by atoms with E-state index in [0.29, 0.717) is 0 Å². The lowest BCUT2D eigenvalue weighted by molar-refractivity contribution is -0.355. The lowest BCUT2D eigenvalue weighted by Gasteiger charge is -2.32. The number of esters is 2. The lowest BCUT2D eigenvalue weighted by atomic mass is 10.2. The number of rotatable bonds is 12. The summed E-state index contributed by atoms with van der Waals surface area (Å²) in [5, 5.41) is -6.10. The Bertz CT molecular complexity index is 852. The van der Waals surface area contributed by atoms with Gasteiger partial charge in [-0.15, -0.1) is 0 Å². The minimum absolute atomic E-state index is 0.687. The lowest BCUT2D eigenvalue weighted by Crippen LogP contribution is -2.58. The molecule has 0 heterocycles. The second kappa shape index (κ2) is 10.1. The summed E-state index contributed by atoms with van der Waals surface area (Å²) in [4.78, 5) is 34.4. The Morgan fingerprint density at radius 3 is 1.88 bits per heavy atom. The van der Waals surface area contributed by atoms with Gasteiger partial charge < -0.3 is 18.8 Å². The number of ether oxygens (including phenoxy) is 3. The molecule has 0 saturated carbocycles. The number of halogens is 7. The van der Waals surface area contributed by atoms with Crippen molar-refractivity contribution in [2.45, 2.75) is 49.8 Å². The molecule has 0 aromatic carbocycles. The minimum Gasteiger partial charge on any atom is -0.743 e. The van der Waals surface area contributed by atoms with Crippen LogP contribution in [0, 0.1) is 0 Å². The average molecular weight is 505 g/mol. The molecule has 1 unspecified atom stereocenters. The van der Waals surface area contributed by atoms with Gasteiger partial charge in [-0.25, -0.2) is 18.0 Å². The largest absolute Gasteiger partial charge is 0.743 e. The van der Waals surface area contributed by atoms with Crippen LogP contribution in [0.15, 0.2) is 12.2 Å². The fourth-order valence-electron chi connectivity index (χ4n) is 1.70. The first-order valence-corrected chi connectivity index (χ1v) is 9.50. The van der Waals surface area contributed by atoms with Gasteiger partial charge in [0.2, 0.25) is 0 Å². The Labute approximate surface area is 176 Å². The summed E-state index contributed by atoms with van der Waals surface area (Å²) in [5.74, 6) is -15.5. The maximum absolute atomic E-state index is 13.6. The second-order valence-electron chi connectivity index (χ2n) is 6.19. The first-order chi connectivity index (χ1) is 14.1. The summed E-state index contributed by atoms with van der Waals surface area (Å²) in [6, 6.07) is 0. The van der Waals surface area contributed by atoms with Crippen LogP contribution in [0.3, 0.4) is 0 Å². The van der Waals surface area contributed by atoms with Crippen molar-refractivity contribution in [3.63, 3.8) is 0 Å². The van der Waals surface area contributed by atoms with Gasteiger partial charge in [0.05, 0.1) is 6.61 Å². The van der Waals surface area contributed by atoms with Gasteiger partial charge >= 0.3 is 35.1 Å². The van der Waals surface area contributed by atoms with Crippen LogP contribution in [0.5, 0.6) is 0 Å². The third kappa shape index (κ3) is 6.86. The van der Waals surface area contributed by atoms with E-state index < -0.39 is 82.6 Å². The monoisotopic (exact) mass is 505 g/mol. The summed E-state index contributed by atoms with van der Waals surface area (Å²) in [5.41, 5.74) is -0.687. The number of carbonyl (C=O) groups excluding carboxylic acids is 3. The van der Waals surface area contributed by atoms with Crippen LogP contribution in [0.1, 0.15) is 26.7 Å². The van der Waals surface area contributed by atoms with Gasteiger partial charge in [-0.1, -0.05) is 6.58 Å². The molecule has 186 valence electrons. The molecule has 1 atom stereocenters. The highest BCUT2D eigenvalue weighted by atomic mass is 32.2. The third-order valence-electron chi connectivity index (χ3n) is 3.31. The molecule has 0 amide bonds. The molecular formula is C15H16F7O9S-. The normalized spacial score (nSPS) is 14.9. The Hall–Kier alpha value is -2.27. The van der Waals surface area contributed by atoms with Crippen molar-refractivity contribution in [3.8, 4) is 0 Å². The van der Waals surface area contributed by atoms with Crippen molar-refractivity contribution in [1.82, 2.24) is 0 Å². The molecular weight excluding hydrogens is 489 g/mol. The summed E-state index contributed by atoms with van der Waals surface area (Å²) in [7, 11) is -6.84. The molecule has 17 heteroatoms. The van der Waals surface area contributed by atoms with E-state index >= 15 is 0 Å². The predicted molar refractivity (Wildman–Crippen MR) is 86.1 cm³/mol. The van der Waals surface area contributed by atoms with E-state index in [9.17, 15) is 58.1 Å². The van der Waals surface area contributed by atoms with E-state index in [1.807, 2.05) is 0 Å². The van der Waals surface area contributed by atoms with Gasteiger partial charge in [-0.2, -0.15) is 30.7 Å². The first kappa shape index (κ1) is 29.7. The van der Waals surface area contributed by atoms with E-state index in [1.54, 1.807) is 0 Å². The zero-order valence-electron chi connectivity index (χ0n) is 16.3. The minimum atomic E-state index is -6.84. The molecule has 0 aliphatic rings. The summed E-state index contributed by atoms with van der Waals surface area (Å²) >= 11 is 0. The van der Waals surface area contributed by atoms with Crippen molar-refractivity contribution in [1.29, 1.82) is 0 Å². The Kier molecular flexibility index (Phi) is 9.40. The highest BCUT2D eigenvalue weighted by Crippen LogP contribution is 2.42. The number of hydrogen-bond donors (Lipinski definition) is 0. The molecule has 32 heavy (non-hydrogen) atoms. The van der Waals surface area contributed by atoms with Crippen molar-refractivity contribution in [2.75, 3.05) is 13.2 Å². The van der Waals surface area contributed by atoms with Gasteiger partial charge in [-0.3, -0.25) is 4.79 Å². The Morgan fingerprint density at radius 1 is 1.00 bits per heavy atom. The highest BCUT2D eigenvalue weighted by molar-refractivity contribution is 7.86. The Morgan fingerprint density at radius 2 is 1.50 bits per heavy atom. The van der Waals surface area contributed by atoms with Crippen LogP contribution in [0.4, 0.5) is 30.7 Å². The number of hydrogen-bond acceptors (Lipinski definition) is 9. The molecule has 0 N–H and O–H groups in total. The van der Waals surface area contributed by atoms with Gasteiger partial charge in [0.25, 0.3) is 0 Å². The number of Topliss-reactive ketones (excluding diaryl/α,β-unsaturated/α-hetero) is 1. The highest BCUT2D eigenvalue weighted by Gasteiger charge is 2.68. The molecule has 9 nitrogen and oxygen atoms in total. The zero-order valence-corrected chi connectivity index (χ0v) is 17.1. The van der Waals surface area contributed by atoms with Crippen LogP contribution in [-0.4, -0.2) is 67.0 Å². The Balaban J connectivity index is 5.80. The predicted octanol–water partition coefficient (Wildman–Crippen LogP) is 2.07. The van der Waals surface area contributed by atoms with Crippen molar-refractivity contribution in [2.24, 2.45) is 0 Å². The topological polar surface area (TPSA) is 136 Å². The summed E-state index contributed by atoms with van der Waals surface area (Å²) in [6.07, 6.45) is -9.61. The van der Waals surface area contributed by atoms with Gasteiger partial charge in [-0.05, 0) is 20.3 Å². The van der Waals surface area contributed by atoms with Crippen molar-refractivity contribution >= 4 is 27.8 Å². The molecule has 0 aliphatic heterocycles. The smallest absolute Gasteiger partial charge is 0.468 e. The number of carbonyl (C=O) groups is 3. The molecule has 0 saturated heterocycles. The second-order valence-corrected chi connectivity index (χ2v) is 7.61. The van der Waals surface area contributed by atoms with Gasteiger partial charge in [0.1, 0.15) is 6.61 Å². The average Bonchev–Trinajstić information content (AvgIpc) is 2.59. The van der Waals surface area contributed by atoms with E-state index in [1.165, 1.54) is 0 Å². The maximum Gasteiger partial charge on any atom is 0.468 e. The summed E-state index contributed by atoms with van der Waals surface area (Å²) in [6.45, 7) is 1.73. The molecule has 0 rings (SSSR count). The molecule has 0 spiro atoms. The van der Waals surface area contributed by atoms with Crippen LogP contribution < -0.4 is 0 Å². The fraction of sp³-hybridized carbons (Fsp3) is 0.667. The van der Waals surface area contributed by atoms with E-state index in [-0.39, 0.29) is 0 Å². The van der Waals surface area contributed by atoms with Crippen LogP contribution in [0.2, 0.25) is 0 Å². The van der Waals surface area contributed by atoms with Crippen LogP contribution >= 0.6 is 0 Å². The first-order valence-electron chi connectivity index (χ1n) is 8.09. The number of ketones is 1. The SMILES string of the molecule is C=C(C)C(=O)OC(OCCCC(F)(F)C(F)(F)S(=O)(=O)[O-])(C(=O)OCC(C)=O)C(F)(F)F. The van der Waals surface area contributed by atoms with Gasteiger partial charge in [0.15, 0.2) is 15.9 Å². The molecule has 0 aromatic rings. The zero-order chi connectivity index (χ0) is 25.8. The number of alkyl halides is 7. The van der Waals surface area contributed by atoms with Crippen LogP contribution in [-0.2, 0) is 38.7 Å². The standard InChI is InChI=1S/C15H17F7O9S/c1-8(2)10(24)31-13(14(18,19)20,11(25)29-7-9(3)23)30-6-4-5-12(16,17)15(21,22)32(26,27)28/h1,4-7H2,2-3H3,(H,26,27,28)/p-1. The van der Waals surface area contributed by atoms with E-state index in [4.69, 9.17) is 0 Å². The summed E-state index contributed by atoms with van der Waals surface area (Å²) < 4.78 is 137. The molecule has 0 aliphatic carbocycles. The van der Waals surface area contributed by atoms with Gasteiger partial charge in [0, 0.05) is 12.0 Å². The van der Waals surface area contributed by atoms with Crippen LogP contribution in [0.25, 0.3) is 0 Å². The molecule has 0 bridgehead atoms.